The first-order valence-corrected chi connectivity index (χ1v) is 8.76. The molecule has 1 unspecified atom stereocenters. The summed E-state index contributed by atoms with van der Waals surface area (Å²) in [5, 5.41) is 5.39. The predicted octanol–water partition coefficient (Wildman–Crippen LogP) is 3.82. The van der Waals surface area contributed by atoms with Gasteiger partial charge in [-0.15, -0.1) is 0 Å². The lowest BCUT2D eigenvalue weighted by Gasteiger charge is -2.14. The highest BCUT2D eigenvalue weighted by Crippen LogP contribution is 2.40. The van der Waals surface area contributed by atoms with Gasteiger partial charge >= 0.3 is 0 Å². The molecule has 2 N–H and O–H groups in total. The Morgan fingerprint density at radius 1 is 1.31 bits per heavy atom. The van der Waals surface area contributed by atoms with Gasteiger partial charge in [-0.2, -0.15) is 0 Å². The van der Waals surface area contributed by atoms with E-state index in [2.05, 4.69) is 5.32 Å². The molecule has 2 aromatic carbocycles. The summed E-state index contributed by atoms with van der Waals surface area (Å²) in [6.07, 6.45) is 0. The summed E-state index contributed by atoms with van der Waals surface area (Å²) < 4.78 is 33.6. The van der Waals surface area contributed by atoms with E-state index in [-0.39, 0.29) is 17.7 Å². The van der Waals surface area contributed by atoms with Gasteiger partial charge in [-0.3, -0.25) is 14.9 Å². The Bertz CT molecular complexity index is 895. The number of thioether (sulfide) groups is 1. The maximum absolute atomic E-state index is 14.4. The fourth-order valence-electron chi connectivity index (χ4n) is 2.39. The molecule has 0 radical (unpaired) electrons. The standard InChI is InChI=1S/C17H13ClF2N2O3S/c1-8(23)21-17(24)15-10(19)3-4-12(16(15)20)25-7-14-22-11-6-9(18)2-5-13(11)26-14/h2-6,14,22H,7H2,1H3,(H,21,23,24). The Hall–Kier alpha value is -2.32. The van der Waals surface area contributed by atoms with Gasteiger partial charge in [0.15, 0.2) is 11.6 Å². The molecule has 0 spiro atoms. The van der Waals surface area contributed by atoms with Crippen LogP contribution >= 0.6 is 23.4 Å². The molecule has 0 fully saturated rings. The minimum absolute atomic E-state index is 0.0628. The summed E-state index contributed by atoms with van der Waals surface area (Å²) in [5.74, 6) is -4.40. The van der Waals surface area contributed by atoms with Crippen molar-refractivity contribution < 1.29 is 23.1 Å². The van der Waals surface area contributed by atoms with Gasteiger partial charge < -0.3 is 10.1 Å². The molecule has 2 aromatic rings. The van der Waals surface area contributed by atoms with Crippen molar-refractivity contribution in [1.29, 1.82) is 0 Å². The third-order valence-electron chi connectivity index (χ3n) is 3.49. The van der Waals surface area contributed by atoms with Crippen LogP contribution in [0.15, 0.2) is 35.2 Å². The smallest absolute Gasteiger partial charge is 0.263 e. The van der Waals surface area contributed by atoms with E-state index < -0.39 is 29.0 Å². The molecule has 136 valence electrons. The van der Waals surface area contributed by atoms with Gasteiger partial charge in [-0.1, -0.05) is 23.4 Å². The number of benzene rings is 2. The minimum Gasteiger partial charge on any atom is -0.487 e. The number of hydrogen-bond acceptors (Lipinski definition) is 5. The second kappa shape index (κ2) is 7.51. The molecule has 2 amide bonds. The average molecular weight is 399 g/mol. The summed E-state index contributed by atoms with van der Waals surface area (Å²) in [4.78, 5) is 23.7. The summed E-state index contributed by atoms with van der Waals surface area (Å²) in [6.45, 7) is 1.13. The van der Waals surface area contributed by atoms with Crippen molar-refractivity contribution in [3.63, 3.8) is 0 Å². The molecule has 0 bridgehead atoms. The number of ether oxygens (including phenoxy) is 1. The molecule has 3 rings (SSSR count). The molecule has 1 atom stereocenters. The maximum atomic E-state index is 14.4. The van der Waals surface area contributed by atoms with Crippen molar-refractivity contribution in [2.45, 2.75) is 17.2 Å². The van der Waals surface area contributed by atoms with Crippen LogP contribution in [0.3, 0.4) is 0 Å². The van der Waals surface area contributed by atoms with E-state index in [1.54, 1.807) is 12.1 Å². The zero-order valence-electron chi connectivity index (χ0n) is 13.4. The van der Waals surface area contributed by atoms with E-state index in [9.17, 15) is 18.4 Å². The van der Waals surface area contributed by atoms with Crippen LogP contribution in [0.25, 0.3) is 0 Å². The van der Waals surface area contributed by atoms with Crippen LogP contribution in [0.2, 0.25) is 5.02 Å². The number of amides is 2. The topological polar surface area (TPSA) is 67.4 Å². The van der Waals surface area contributed by atoms with E-state index in [4.69, 9.17) is 16.3 Å². The number of hydrogen-bond donors (Lipinski definition) is 2. The average Bonchev–Trinajstić information content (AvgIpc) is 2.95. The van der Waals surface area contributed by atoms with Crippen molar-refractivity contribution >= 4 is 40.9 Å². The van der Waals surface area contributed by atoms with Crippen molar-refractivity contribution in [3.05, 3.63) is 52.6 Å². The van der Waals surface area contributed by atoms with Gasteiger partial charge in [0.05, 0.1) is 5.69 Å². The summed E-state index contributed by atoms with van der Waals surface area (Å²) in [7, 11) is 0. The summed E-state index contributed by atoms with van der Waals surface area (Å²) in [5.41, 5.74) is -0.0167. The maximum Gasteiger partial charge on any atom is 0.263 e. The van der Waals surface area contributed by atoms with Crippen LogP contribution in [0.5, 0.6) is 5.75 Å². The van der Waals surface area contributed by atoms with Crippen molar-refractivity contribution in [2.75, 3.05) is 11.9 Å². The minimum atomic E-state index is -1.16. The zero-order chi connectivity index (χ0) is 18.8. The molecule has 0 aliphatic carbocycles. The molecule has 9 heteroatoms. The lowest BCUT2D eigenvalue weighted by molar-refractivity contribution is -0.118. The molecule has 0 saturated carbocycles. The molecule has 0 aromatic heterocycles. The van der Waals surface area contributed by atoms with Crippen LogP contribution in [0.4, 0.5) is 14.5 Å². The highest BCUT2D eigenvalue weighted by Gasteiger charge is 2.25. The second-order valence-corrected chi connectivity index (χ2v) is 7.13. The van der Waals surface area contributed by atoms with E-state index in [1.807, 2.05) is 11.4 Å². The van der Waals surface area contributed by atoms with Crippen LogP contribution in [0, 0.1) is 11.6 Å². The highest BCUT2D eigenvalue weighted by atomic mass is 35.5. The number of fused-ring (bicyclic) bond motifs is 1. The summed E-state index contributed by atoms with van der Waals surface area (Å²) >= 11 is 7.41. The fourth-order valence-corrected chi connectivity index (χ4v) is 3.58. The first-order chi connectivity index (χ1) is 12.3. The Morgan fingerprint density at radius 2 is 2.08 bits per heavy atom. The number of nitrogens with one attached hydrogen (secondary N) is 2. The van der Waals surface area contributed by atoms with Gasteiger partial charge in [0.1, 0.15) is 23.4 Å². The number of imide groups is 1. The van der Waals surface area contributed by atoms with Gasteiger partial charge in [0.2, 0.25) is 5.91 Å². The predicted molar refractivity (Wildman–Crippen MR) is 94.7 cm³/mol. The third kappa shape index (κ3) is 3.91. The SMILES string of the molecule is CC(=O)NC(=O)c1c(F)ccc(OCC2Nc3cc(Cl)ccc3S2)c1F. The van der Waals surface area contributed by atoms with Gasteiger partial charge in [0.25, 0.3) is 5.91 Å². The Balaban J connectivity index is 1.71. The van der Waals surface area contributed by atoms with E-state index in [1.165, 1.54) is 11.8 Å². The van der Waals surface area contributed by atoms with Crippen LogP contribution < -0.4 is 15.4 Å². The normalized spacial score (nSPS) is 15.2. The fraction of sp³-hybridized carbons (Fsp3) is 0.176. The van der Waals surface area contributed by atoms with Gasteiger partial charge in [-0.05, 0) is 30.3 Å². The number of rotatable bonds is 4. The first-order valence-electron chi connectivity index (χ1n) is 7.50. The van der Waals surface area contributed by atoms with Crippen molar-refractivity contribution in [3.8, 4) is 5.75 Å². The Kier molecular flexibility index (Phi) is 5.33. The second-order valence-electron chi connectivity index (χ2n) is 5.45. The number of carbonyl (C=O) groups is 2. The summed E-state index contributed by atoms with van der Waals surface area (Å²) in [6, 6.07) is 7.40. The highest BCUT2D eigenvalue weighted by molar-refractivity contribution is 8.00. The van der Waals surface area contributed by atoms with Gasteiger partial charge in [0, 0.05) is 16.8 Å². The van der Waals surface area contributed by atoms with Crippen LogP contribution in [0.1, 0.15) is 17.3 Å². The van der Waals surface area contributed by atoms with Crippen molar-refractivity contribution in [1.82, 2.24) is 5.32 Å². The van der Waals surface area contributed by atoms with E-state index >= 15 is 0 Å². The molecule has 1 aliphatic rings. The molecule has 1 heterocycles. The molecule has 26 heavy (non-hydrogen) atoms. The number of carbonyl (C=O) groups excluding carboxylic acids is 2. The van der Waals surface area contributed by atoms with Crippen LogP contribution in [-0.4, -0.2) is 23.8 Å². The quantitative estimate of drug-likeness (QED) is 0.819. The monoisotopic (exact) mass is 398 g/mol. The first kappa shape index (κ1) is 18.5. The van der Waals surface area contributed by atoms with Gasteiger partial charge in [-0.25, -0.2) is 8.78 Å². The zero-order valence-corrected chi connectivity index (χ0v) is 15.0. The van der Waals surface area contributed by atoms with E-state index in [0.29, 0.717) is 5.02 Å². The number of anilines is 1. The lowest BCUT2D eigenvalue weighted by atomic mass is 10.1. The molecular formula is C17H13ClF2N2O3S. The molecule has 5 nitrogen and oxygen atoms in total. The van der Waals surface area contributed by atoms with Crippen LogP contribution in [-0.2, 0) is 4.79 Å². The number of halogens is 3. The van der Waals surface area contributed by atoms with Crippen molar-refractivity contribution in [2.24, 2.45) is 0 Å². The Morgan fingerprint density at radius 3 is 2.81 bits per heavy atom. The third-order valence-corrected chi connectivity index (χ3v) is 4.87. The molecule has 0 saturated heterocycles. The van der Waals surface area contributed by atoms with E-state index in [0.717, 1.165) is 29.6 Å². The molecule has 1 aliphatic heterocycles. The largest absolute Gasteiger partial charge is 0.487 e. The molecular weight excluding hydrogens is 386 g/mol. The lowest BCUT2D eigenvalue weighted by Crippen LogP contribution is -2.30. The Labute approximate surface area is 157 Å².